The molecule has 1 saturated heterocycles. The van der Waals surface area contributed by atoms with Crippen LogP contribution in [0.4, 0.5) is 9.18 Å². The first-order valence-corrected chi connectivity index (χ1v) is 8.87. The van der Waals surface area contributed by atoms with E-state index in [1.54, 1.807) is 17.0 Å². The Morgan fingerprint density at radius 3 is 2.32 bits per heavy atom. The summed E-state index contributed by atoms with van der Waals surface area (Å²) in [6.45, 7) is 6.69. The summed E-state index contributed by atoms with van der Waals surface area (Å²) in [5.74, 6) is 0.000109. The Morgan fingerprint density at radius 2 is 1.84 bits per heavy atom. The third-order valence-corrected chi connectivity index (χ3v) is 5.47. The fraction of sp³-hybridized carbons (Fsp3) is 0.600. The molecule has 1 heterocycles. The molecule has 3 rings (SSSR count). The zero-order valence-corrected chi connectivity index (χ0v) is 15.1. The topological polar surface area (TPSA) is 53.3 Å². The van der Waals surface area contributed by atoms with Gasteiger partial charge >= 0.3 is 6.09 Å². The number of hydrogen-bond acceptors (Lipinski definition) is 3. The second kappa shape index (κ2) is 6.33. The van der Waals surface area contributed by atoms with Gasteiger partial charge in [0.2, 0.25) is 0 Å². The van der Waals surface area contributed by atoms with Crippen molar-refractivity contribution in [3.8, 4) is 6.07 Å². The van der Waals surface area contributed by atoms with Gasteiger partial charge in [-0.05, 0) is 69.6 Å². The normalized spacial score (nSPS) is 28.5. The Hall–Kier alpha value is -2.09. The first-order chi connectivity index (χ1) is 11.7. The third kappa shape index (κ3) is 3.49. The van der Waals surface area contributed by atoms with Crippen molar-refractivity contribution in [2.45, 2.75) is 45.6 Å². The summed E-state index contributed by atoms with van der Waals surface area (Å²) in [5, 5.41) is 9.99. The highest BCUT2D eigenvalue weighted by atomic mass is 19.1. The van der Waals surface area contributed by atoms with Gasteiger partial charge in [-0.3, -0.25) is 0 Å². The molecule has 1 unspecified atom stereocenters. The molecule has 25 heavy (non-hydrogen) atoms. The number of hydrogen-bond donors (Lipinski definition) is 0. The van der Waals surface area contributed by atoms with Gasteiger partial charge in [-0.25, -0.2) is 9.18 Å². The molecular formula is C20H25FN2O2. The molecule has 0 N–H and O–H groups in total. The molecule has 134 valence electrons. The zero-order chi connectivity index (χ0) is 18.2. The number of carbonyl (C=O) groups is 1. The van der Waals surface area contributed by atoms with E-state index in [4.69, 9.17) is 4.74 Å². The molecule has 3 atom stereocenters. The van der Waals surface area contributed by atoms with Crippen molar-refractivity contribution < 1.29 is 13.9 Å². The van der Waals surface area contributed by atoms with E-state index >= 15 is 0 Å². The van der Waals surface area contributed by atoms with Crippen LogP contribution in [0.2, 0.25) is 0 Å². The quantitative estimate of drug-likeness (QED) is 0.810. The standard InChI is InChI=1S/C20H25FN2O2/c1-19(2,3)25-18(24)23-11-15-6-7-16(12-23)20(15,13-22)10-14-4-8-17(21)9-5-14/h4-5,8-9,15-16H,6-7,10-12H2,1-3H3/t15-,16+,20?. The number of likely N-dealkylation sites (tertiary alicyclic amines) is 1. The fourth-order valence-corrected chi connectivity index (χ4v) is 4.29. The Morgan fingerprint density at radius 1 is 1.28 bits per heavy atom. The summed E-state index contributed by atoms with van der Waals surface area (Å²) >= 11 is 0. The second-order valence-electron chi connectivity index (χ2n) is 8.31. The van der Waals surface area contributed by atoms with Crippen molar-refractivity contribution in [2.75, 3.05) is 13.1 Å². The number of benzene rings is 1. The summed E-state index contributed by atoms with van der Waals surface area (Å²) < 4.78 is 18.7. The molecule has 1 saturated carbocycles. The van der Waals surface area contributed by atoms with Crippen LogP contribution in [0.5, 0.6) is 0 Å². The molecule has 2 fully saturated rings. The third-order valence-electron chi connectivity index (χ3n) is 5.47. The summed E-state index contributed by atoms with van der Waals surface area (Å²) in [5.41, 5.74) is -0.0183. The average Bonchev–Trinajstić information content (AvgIpc) is 2.72. The van der Waals surface area contributed by atoms with Crippen molar-refractivity contribution in [3.05, 3.63) is 35.6 Å². The molecule has 0 spiro atoms. The summed E-state index contributed by atoms with van der Waals surface area (Å²) in [4.78, 5) is 14.2. The number of fused-ring (bicyclic) bond motifs is 2. The van der Waals surface area contributed by atoms with Crippen molar-refractivity contribution in [1.82, 2.24) is 4.90 Å². The van der Waals surface area contributed by atoms with Gasteiger partial charge in [-0.2, -0.15) is 5.26 Å². The lowest BCUT2D eigenvalue weighted by Gasteiger charge is -2.43. The predicted octanol–water partition coefficient (Wildman–Crippen LogP) is 4.16. The minimum Gasteiger partial charge on any atom is -0.444 e. The highest BCUT2D eigenvalue weighted by molar-refractivity contribution is 5.68. The average molecular weight is 344 g/mol. The highest BCUT2D eigenvalue weighted by Crippen LogP contribution is 2.53. The van der Waals surface area contributed by atoms with E-state index in [9.17, 15) is 14.4 Å². The van der Waals surface area contributed by atoms with E-state index in [0.717, 1.165) is 18.4 Å². The number of piperidine rings is 1. The number of rotatable bonds is 2. The molecule has 1 aliphatic carbocycles. The van der Waals surface area contributed by atoms with E-state index < -0.39 is 11.0 Å². The number of nitrogens with zero attached hydrogens (tertiary/aromatic N) is 2. The molecule has 5 heteroatoms. The maximum atomic E-state index is 13.2. The Balaban J connectivity index is 1.77. The van der Waals surface area contributed by atoms with E-state index in [1.165, 1.54) is 12.1 Å². The van der Waals surface area contributed by atoms with Gasteiger partial charge in [0, 0.05) is 13.1 Å². The van der Waals surface area contributed by atoms with Gasteiger partial charge in [-0.15, -0.1) is 0 Å². The van der Waals surface area contributed by atoms with Crippen molar-refractivity contribution in [1.29, 1.82) is 5.26 Å². The van der Waals surface area contributed by atoms with Crippen LogP contribution in [-0.2, 0) is 11.2 Å². The lowest BCUT2D eigenvalue weighted by molar-refractivity contribution is -0.00161. The zero-order valence-electron chi connectivity index (χ0n) is 15.1. The van der Waals surface area contributed by atoms with Gasteiger partial charge in [0.25, 0.3) is 0 Å². The summed E-state index contributed by atoms with van der Waals surface area (Å²) in [6.07, 6.45) is 2.20. The summed E-state index contributed by atoms with van der Waals surface area (Å²) in [6, 6.07) is 8.98. The Labute approximate surface area is 148 Å². The van der Waals surface area contributed by atoms with E-state index in [1.807, 2.05) is 20.8 Å². The van der Waals surface area contributed by atoms with Crippen LogP contribution in [0.15, 0.2) is 24.3 Å². The van der Waals surface area contributed by atoms with Gasteiger partial charge in [-0.1, -0.05) is 12.1 Å². The van der Waals surface area contributed by atoms with Crippen LogP contribution in [0.1, 0.15) is 39.2 Å². The van der Waals surface area contributed by atoms with Crippen molar-refractivity contribution in [2.24, 2.45) is 17.3 Å². The van der Waals surface area contributed by atoms with Crippen LogP contribution in [0, 0.1) is 34.4 Å². The molecular weight excluding hydrogens is 319 g/mol. The van der Waals surface area contributed by atoms with Gasteiger partial charge in [0.15, 0.2) is 0 Å². The number of nitriles is 1. The largest absolute Gasteiger partial charge is 0.444 e. The van der Waals surface area contributed by atoms with E-state index in [0.29, 0.717) is 19.5 Å². The highest BCUT2D eigenvalue weighted by Gasteiger charge is 2.55. The van der Waals surface area contributed by atoms with Gasteiger partial charge < -0.3 is 9.64 Å². The first kappa shape index (κ1) is 17.7. The minimum absolute atomic E-state index is 0.133. The molecule has 0 aromatic heterocycles. The van der Waals surface area contributed by atoms with E-state index in [2.05, 4.69) is 6.07 Å². The maximum absolute atomic E-state index is 13.2. The molecule has 1 aliphatic heterocycles. The van der Waals surface area contributed by atoms with Crippen LogP contribution >= 0.6 is 0 Å². The Kier molecular flexibility index (Phi) is 4.49. The van der Waals surface area contributed by atoms with Crippen LogP contribution in [-0.4, -0.2) is 29.7 Å². The minimum atomic E-state index is -0.520. The smallest absolute Gasteiger partial charge is 0.410 e. The second-order valence-corrected chi connectivity index (χ2v) is 8.31. The lowest BCUT2D eigenvalue weighted by Crippen LogP contribution is -2.52. The SMILES string of the molecule is CC(C)(C)OC(=O)N1C[C@H]2CC[C@@H](C1)C2(C#N)Cc1ccc(F)cc1. The van der Waals surface area contributed by atoms with Gasteiger partial charge in [0.05, 0.1) is 11.5 Å². The van der Waals surface area contributed by atoms with Gasteiger partial charge in [0.1, 0.15) is 11.4 Å². The number of amides is 1. The molecule has 0 radical (unpaired) electrons. The number of carbonyl (C=O) groups excluding carboxylic acids is 1. The van der Waals surface area contributed by atoms with Crippen LogP contribution in [0.3, 0.4) is 0 Å². The fourth-order valence-electron chi connectivity index (χ4n) is 4.29. The van der Waals surface area contributed by atoms with Crippen LogP contribution < -0.4 is 0 Å². The van der Waals surface area contributed by atoms with Crippen molar-refractivity contribution in [3.63, 3.8) is 0 Å². The summed E-state index contributed by atoms with van der Waals surface area (Å²) in [7, 11) is 0. The Bertz CT molecular complexity index is 673. The number of halogens is 1. The maximum Gasteiger partial charge on any atom is 0.410 e. The predicted molar refractivity (Wildman–Crippen MR) is 92.2 cm³/mol. The monoisotopic (exact) mass is 344 g/mol. The molecule has 1 aromatic carbocycles. The molecule has 2 bridgehead atoms. The molecule has 4 nitrogen and oxygen atoms in total. The lowest BCUT2D eigenvalue weighted by atomic mass is 9.67. The molecule has 2 aliphatic rings. The van der Waals surface area contributed by atoms with Crippen LogP contribution in [0.25, 0.3) is 0 Å². The molecule has 1 amide bonds. The number of ether oxygens (including phenoxy) is 1. The molecule has 1 aromatic rings. The first-order valence-electron chi connectivity index (χ1n) is 8.87. The van der Waals surface area contributed by atoms with Crippen molar-refractivity contribution >= 4 is 6.09 Å². The van der Waals surface area contributed by atoms with E-state index in [-0.39, 0.29) is 23.7 Å².